The summed E-state index contributed by atoms with van der Waals surface area (Å²) in [6.45, 7) is 5.56. The van der Waals surface area contributed by atoms with E-state index in [-0.39, 0.29) is 12.3 Å². The van der Waals surface area contributed by atoms with Crippen LogP contribution >= 0.6 is 0 Å². The van der Waals surface area contributed by atoms with Crippen LogP contribution in [-0.2, 0) is 22.4 Å². The van der Waals surface area contributed by atoms with Crippen molar-refractivity contribution in [2.75, 3.05) is 5.32 Å². The van der Waals surface area contributed by atoms with Gasteiger partial charge in [0.25, 0.3) is 0 Å². The topological polar surface area (TPSA) is 84.2 Å². The number of rotatable bonds is 7. The minimum Gasteiger partial charge on any atom is -0.481 e. The van der Waals surface area contributed by atoms with Crippen molar-refractivity contribution in [1.29, 1.82) is 0 Å². The number of amides is 1. The van der Waals surface area contributed by atoms with Crippen LogP contribution in [0.1, 0.15) is 29.4 Å². The van der Waals surface area contributed by atoms with Crippen molar-refractivity contribution < 1.29 is 14.7 Å². The smallest absolute Gasteiger partial charge is 0.306 e. The Morgan fingerprint density at radius 1 is 1.07 bits per heavy atom. The van der Waals surface area contributed by atoms with Gasteiger partial charge in [-0.25, -0.2) is 4.68 Å². The van der Waals surface area contributed by atoms with E-state index in [9.17, 15) is 9.59 Å². The molecule has 0 aliphatic carbocycles. The molecule has 29 heavy (non-hydrogen) atoms. The Morgan fingerprint density at radius 3 is 2.34 bits per heavy atom. The molecule has 0 fully saturated rings. The van der Waals surface area contributed by atoms with Crippen LogP contribution in [0.5, 0.6) is 0 Å². The maximum Gasteiger partial charge on any atom is 0.306 e. The average molecular weight is 391 g/mol. The minimum atomic E-state index is -0.816. The molecule has 0 saturated carbocycles. The number of para-hydroxylation sites is 1. The Labute approximate surface area is 170 Å². The highest BCUT2D eigenvalue weighted by molar-refractivity contribution is 5.92. The van der Waals surface area contributed by atoms with E-state index < -0.39 is 11.9 Å². The molecule has 1 atom stereocenters. The Hall–Kier alpha value is -3.41. The molecule has 1 aromatic heterocycles. The first-order valence-corrected chi connectivity index (χ1v) is 9.57. The zero-order valence-corrected chi connectivity index (χ0v) is 16.8. The van der Waals surface area contributed by atoms with Gasteiger partial charge in [0, 0.05) is 16.9 Å². The molecule has 0 spiro atoms. The first-order valence-electron chi connectivity index (χ1n) is 9.57. The Morgan fingerprint density at radius 2 is 1.72 bits per heavy atom. The number of nitrogens with one attached hydrogen (secondary N) is 1. The van der Waals surface area contributed by atoms with Crippen LogP contribution in [0.3, 0.4) is 0 Å². The van der Waals surface area contributed by atoms with E-state index in [2.05, 4.69) is 10.4 Å². The van der Waals surface area contributed by atoms with Gasteiger partial charge in [0.2, 0.25) is 5.91 Å². The Bertz CT molecular complexity index is 1010. The van der Waals surface area contributed by atoms with Crippen LogP contribution < -0.4 is 5.32 Å². The third-order valence-corrected chi connectivity index (χ3v) is 4.98. The summed E-state index contributed by atoms with van der Waals surface area (Å²) in [4.78, 5) is 23.5. The minimum absolute atomic E-state index is 0.115. The highest BCUT2D eigenvalue weighted by Crippen LogP contribution is 2.19. The van der Waals surface area contributed by atoms with Gasteiger partial charge in [-0.15, -0.1) is 0 Å². The molecule has 2 aromatic carbocycles. The molecule has 0 bridgehead atoms. The number of aryl methyl sites for hydroxylation is 1. The standard InChI is InChI=1S/C23H25N3O3/c1-15(23(28)29)13-18-9-11-19(12-10-18)24-22(27)14-21-16(2)25-26(17(21)3)20-7-5-4-6-8-20/h4-12,15H,13-14H2,1-3H3,(H,24,27)(H,28,29). The van der Waals surface area contributed by atoms with E-state index in [1.807, 2.05) is 61.0 Å². The normalized spacial score (nSPS) is 11.8. The number of hydrogen-bond donors (Lipinski definition) is 2. The second-order valence-corrected chi connectivity index (χ2v) is 7.26. The third kappa shape index (κ3) is 4.90. The molecule has 0 aliphatic rings. The third-order valence-electron chi connectivity index (χ3n) is 4.98. The molecule has 0 radical (unpaired) electrons. The van der Waals surface area contributed by atoms with Gasteiger partial charge < -0.3 is 10.4 Å². The molecule has 0 aliphatic heterocycles. The lowest BCUT2D eigenvalue weighted by atomic mass is 10.0. The van der Waals surface area contributed by atoms with Crippen molar-refractivity contribution in [2.24, 2.45) is 5.92 Å². The predicted octanol–water partition coefficient (Wildman–Crippen LogP) is 3.93. The zero-order chi connectivity index (χ0) is 21.0. The van der Waals surface area contributed by atoms with Crippen molar-refractivity contribution in [3.8, 4) is 5.69 Å². The number of carboxylic acid groups (broad SMARTS) is 1. The van der Waals surface area contributed by atoms with E-state index in [1.165, 1.54) is 0 Å². The van der Waals surface area contributed by atoms with Crippen LogP contribution in [0.15, 0.2) is 54.6 Å². The summed E-state index contributed by atoms with van der Waals surface area (Å²) in [5.74, 6) is -1.37. The molecule has 1 amide bonds. The van der Waals surface area contributed by atoms with E-state index in [0.717, 1.165) is 28.2 Å². The molecule has 1 unspecified atom stereocenters. The average Bonchev–Trinajstić information content (AvgIpc) is 2.98. The van der Waals surface area contributed by atoms with Gasteiger partial charge >= 0.3 is 5.97 Å². The molecule has 6 heteroatoms. The van der Waals surface area contributed by atoms with Gasteiger partial charge in [0.05, 0.1) is 23.7 Å². The highest BCUT2D eigenvalue weighted by Gasteiger charge is 2.16. The quantitative estimate of drug-likeness (QED) is 0.639. The number of aliphatic carboxylic acids is 1. The first-order chi connectivity index (χ1) is 13.8. The van der Waals surface area contributed by atoms with Crippen LogP contribution in [0.25, 0.3) is 5.69 Å². The zero-order valence-electron chi connectivity index (χ0n) is 16.8. The molecule has 3 rings (SSSR count). The summed E-state index contributed by atoms with van der Waals surface area (Å²) < 4.78 is 1.86. The number of carbonyl (C=O) groups excluding carboxylic acids is 1. The maximum atomic E-state index is 12.6. The van der Waals surface area contributed by atoms with E-state index in [1.54, 1.807) is 19.1 Å². The van der Waals surface area contributed by atoms with Gasteiger partial charge in [-0.05, 0) is 50.1 Å². The number of nitrogens with zero attached hydrogens (tertiary/aromatic N) is 2. The Kier molecular flexibility index (Phi) is 6.12. The van der Waals surface area contributed by atoms with Crippen molar-refractivity contribution >= 4 is 17.6 Å². The summed E-state index contributed by atoms with van der Waals surface area (Å²) in [6, 6.07) is 17.1. The van der Waals surface area contributed by atoms with E-state index >= 15 is 0 Å². The van der Waals surface area contributed by atoms with Crippen LogP contribution in [-0.4, -0.2) is 26.8 Å². The first kappa shape index (κ1) is 20.3. The van der Waals surface area contributed by atoms with Crippen molar-refractivity contribution in [2.45, 2.75) is 33.6 Å². The molecule has 2 N–H and O–H groups in total. The van der Waals surface area contributed by atoms with Crippen LogP contribution in [0.4, 0.5) is 5.69 Å². The second kappa shape index (κ2) is 8.73. The molecule has 3 aromatic rings. The summed E-state index contributed by atoms with van der Waals surface area (Å²) >= 11 is 0. The fourth-order valence-electron chi connectivity index (χ4n) is 3.28. The largest absolute Gasteiger partial charge is 0.481 e. The summed E-state index contributed by atoms with van der Waals surface area (Å²) in [7, 11) is 0. The second-order valence-electron chi connectivity index (χ2n) is 7.26. The van der Waals surface area contributed by atoms with Gasteiger partial charge in [0.15, 0.2) is 0 Å². The monoisotopic (exact) mass is 391 g/mol. The van der Waals surface area contributed by atoms with E-state index in [0.29, 0.717) is 12.1 Å². The number of aromatic nitrogens is 2. The fraction of sp³-hybridized carbons (Fsp3) is 0.261. The number of carbonyl (C=O) groups is 2. The van der Waals surface area contributed by atoms with Gasteiger partial charge in [0.1, 0.15) is 0 Å². The van der Waals surface area contributed by atoms with Gasteiger partial charge in [-0.3, -0.25) is 9.59 Å². The summed E-state index contributed by atoms with van der Waals surface area (Å²) in [6.07, 6.45) is 0.697. The Balaban J connectivity index is 1.67. The lowest BCUT2D eigenvalue weighted by molar-refractivity contribution is -0.141. The van der Waals surface area contributed by atoms with Gasteiger partial charge in [-0.1, -0.05) is 37.3 Å². The lowest BCUT2D eigenvalue weighted by Crippen LogP contribution is -2.15. The number of anilines is 1. The molecule has 1 heterocycles. The van der Waals surface area contributed by atoms with Gasteiger partial charge in [-0.2, -0.15) is 5.10 Å². The predicted molar refractivity (Wildman–Crippen MR) is 112 cm³/mol. The number of benzene rings is 2. The van der Waals surface area contributed by atoms with Crippen molar-refractivity contribution in [1.82, 2.24) is 9.78 Å². The molecule has 0 saturated heterocycles. The number of hydrogen-bond acceptors (Lipinski definition) is 3. The fourth-order valence-corrected chi connectivity index (χ4v) is 3.28. The number of carboxylic acids is 1. The summed E-state index contributed by atoms with van der Waals surface area (Å²) in [5.41, 5.74) is 5.27. The molecule has 150 valence electrons. The lowest BCUT2D eigenvalue weighted by Gasteiger charge is -2.09. The molecular formula is C23H25N3O3. The molecule has 6 nitrogen and oxygen atoms in total. The highest BCUT2D eigenvalue weighted by atomic mass is 16.4. The summed E-state index contributed by atoms with van der Waals surface area (Å²) in [5, 5.41) is 16.5. The maximum absolute atomic E-state index is 12.6. The van der Waals surface area contributed by atoms with Crippen LogP contribution in [0.2, 0.25) is 0 Å². The van der Waals surface area contributed by atoms with Crippen molar-refractivity contribution in [3.05, 3.63) is 77.1 Å². The van der Waals surface area contributed by atoms with Crippen molar-refractivity contribution in [3.63, 3.8) is 0 Å². The SMILES string of the molecule is Cc1nn(-c2ccccc2)c(C)c1CC(=O)Nc1ccc(CC(C)C(=O)O)cc1. The molecular weight excluding hydrogens is 366 g/mol. The van der Waals surface area contributed by atoms with E-state index in [4.69, 9.17) is 5.11 Å². The van der Waals surface area contributed by atoms with Crippen LogP contribution in [0, 0.1) is 19.8 Å².